The average Bonchev–Trinajstić information content (AvgIpc) is 2.94. The monoisotopic (exact) mass is 306 g/mol. The second-order valence-corrected chi connectivity index (χ2v) is 9.08. The molecule has 110 valence electrons. The molecule has 2 aliphatic rings. The molecular weight excluding hydrogens is 284 g/mol. The van der Waals surface area contributed by atoms with Crippen LogP contribution in [0.1, 0.15) is 40.0 Å². The number of hydrogen-bond donors (Lipinski definition) is 1. The van der Waals surface area contributed by atoms with E-state index in [1.165, 1.54) is 16.1 Å². The quantitative estimate of drug-likeness (QED) is 0.828. The average molecular weight is 306 g/mol. The lowest BCUT2D eigenvalue weighted by Crippen LogP contribution is -2.51. The molecule has 0 aromatic carbocycles. The van der Waals surface area contributed by atoms with Crippen molar-refractivity contribution in [3.8, 4) is 0 Å². The lowest BCUT2D eigenvalue weighted by atomic mass is 10.2. The molecule has 1 N–H and O–H groups in total. The Morgan fingerprint density at radius 1 is 1.53 bits per heavy atom. The molecule has 1 saturated heterocycles. The normalized spacial score (nSPS) is 28.1. The predicted molar refractivity (Wildman–Crippen MR) is 77.4 cm³/mol. The number of rotatable bonds is 5. The summed E-state index contributed by atoms with van der Waals surface area (Å²) < 4.78 is 25.8. The third-order valence-electron chi connectivity index (χ3n) is 4.03. The maximum Gasteiger partial charge on any atom is 0.239 e. The summed E-state index contributed by atoms with van der Waals surface area (Å²) in [5, 5.41) is 2.89. The topological polar surface area (TPSA) is 66.5 Å². The van der Waals surface area contributed by atoms with Gasteiger partial charge in [-0.1, -0.05) is 6.92 Å². The van der Waals surface area contributed by atoms with Gasteiger partial charge in [-0.3, -0.25) is 4.79 Å². The van der Waals surface area contributed by atoms with Gasteiger partial charge in [-0.15, -0.1) is 11.8 Å². The third-order valence-corrected chi connectivity index (χ3v) is 7.86. The highest BCUT2D eigenvalue weighted by atomic mass is 32.2. The van der Waals surface area contributed by atoms with Crippen LogP contribution in [0, 0.1) is 0 Å². The zero-order valence-electron chi connectivity index (χ0n) is 11.7. The Hall–Kier alpha value is -0.270. The van der Waals surface area contributed by atoms with Crippen molar-refractivity contribution in [2.75, 3.05) is 11.6 Å². The minimum absolute atomic E-state index is 0.0826. The molecule has 0 bridgehead atoms. The first kappa shape index (κ1) is 15.1. The Labute approximate surface area is 119 Å². The van der Waals surface area contributed by atoms with Crippen LogP contribution in [-0.4, -0.2) is 47.1 Å². The van der Waals surface area contributed by atoms with Crippen LogP contribution in [0.25, 0.3) is 0 Å². The number of amides is 1. The first-order valence-electron chi connectivity index (χ1n) is 6.71. The van der Waals surface area contributed by atoms with E-state index in [4.69, 9.17) is 0 Å². The van der Waals surface area contributed by atoms with Gasteiger partial charge in [-0.05, 0) is 33.1 Å². The molecule has 2 rings (SSSR count). The van der Waals surface area contributed by atoms with Gasteiger partial charge >= 0.3 is 0 Å². The zero-order valence-corrected chi connectivity index (χ0v) is 13.3. The van der Waals surface area contributed by atoms with E-state index in [0.29, 0.717) is 24.5 Å². The Kier molecular flexibility index (Phi) is 4.18. The number of thioether (sulfide) groups is 1. The predicted octanol–water partition coefficient (Wildman–Crippen LogP) is 1.16. The van der Waals surface area contributed by atoms with Gasteiger partial charge in [0.2, 0.25) is 15.9 Å². The molecule has 0 aromatic rings. The van der Waals surface area contributed by atoms with Crippen LogP contribution < -0.4 is 5.32 Å². The van der Waals surface area contributed by atoms with E-state index in [9.17, 15) is 13.2 Å². The van der Waals surface area contributed by atoms with Crippen LogP contribution in [0.4, 0.5) is 0 Å². The van der Waals surface area contributed by atoms with E-state index >= 15 is 0 Å². The van der Waals surface area contributed by atoms with E-state index in [1.807, 2.05) is 13.8 Å². The molecule has 2 atom stereocenters. The van der Waals surface area contributed by atoms with Gasteiger partial charge in [0.05, 0.1) is 10.6 Å². The van der Waals surface area contributed by atoms with Gasteiger partial charge in [0.1, 0.15) is 6.04 Å². The highest BCUT2D eigenvalue weighted by Gasteiger charge is 2.55. The standard InChI is InChI=1S/C12H22N2O3S2/c1-4-9(2)13-11(15)10-7-18-8-14(10)19(16,17)12(3)5-6-12/h9-10H,4-8H2,1-3H3,(H,13,15). The number of nitrogens with zero attached hydrogens (tertiary/aromatic N) is 1. The van der Waals surface area contributed by atoms with Crippen LogP contribution in [0.15, 0.2) is 0 Å². The summed E-state index contributed by atoms with van der Waals surface area (Å²) >= 11 is 1.51. The van der Waals surface area contributed by atoms with Crippen molar-refractivity contribution in [3.05, 3.63) is 0 Å². The lowest BCUT2D eigenvalue weighted by Gasteiger charge is -2.26. The maximum absolute atomic E-state index is 12.5. The SMILES string of the molecule is CCC(C)NC(=O)C1CSCN1S(=O)(=O)C1(C)CC1. The molecule has 1 saturated carbocycles. The lowest BCUT2D eigenvalue weighted by molar-refractivity contribution is -0.124. The summed E-state index contributed by atoms with van der Waals surface area (Å²) in [6.45, 7) is 5.70. The summed E-state index contributed by atoms with van der Waals surface area (Å²) in [5.74, 6) is 0.792. The molecule has 0 aromatic heterocycles. The molecule has 1 aliphatic heterocycles. The summed E-state index contributed by atoms with van der Waals surface area (Å²) in [4.78, 5) is 12.2. The largest absolute Gasteiger partial charge is 0.352 e. The van der Waals surface area contributed by atoms with Crippen molar-refractivity contribution in [1.82, 2.24) is 9.62 Å². The van der Waals surface area contributed by atoms with E-state index in [2.05, 4.69) is 5.32 Å². The minimum Gasteiger partial charge on any atom is -0.352 e. The molecule has 19 heavy (non-hydrogen) atoms. The first-order chi connectivity index (χ1) is 8.82. The summed E-state index contributed by atoms with van der Waals surface area (Å²) in [6, 6.07) is -0.458. The highest BCUT2D eigenvalue weighted by Crippen LogP contribution is 2.46. The Morgan fingerprint density at radius 2 is 2.16 bits per heavy atom. The van der Waals surface area contributed by atoms with Crippen LogP contribution in [0.5, 0.6) is 0 Å². The highest BCUT2D eigenvalue weighted by molar-refractivity contribution is 8.01. The van der Waals surface area contributed by atoms with Crippen LogP contribution >= 0.6 is 11.8 Å². The Bertz CT molecular complexity index is 460. The molecule has 2 fully saturated rings. The smallest absolute Gasteiger partial charge is 0.239 e. The van der Waals surface area contributed by atoms with E-state index < -0.39 is 20.8 Å². The van der Waals surface area contributed by atoms with Gasteiger partial charge in [0.25, 0.3) is 0 Å². The number of hydrogen-bond acceptors (Lipinski definition) is 4. The van der Waals surface area contributed by atoms with Gasteiger partial charge in [-0.25, -0.2) is 8.42 Å². The van der Waals surface area contributed by atoms with Gasteiger partial charge in [0, 0.05) is 11.8 Å². The van der Waals surface area contributed by atoms with Crippen LogP contribution in [0.2, 0.25) is 0 Å². The molecule has 2 unspecified atom stereocenters. The molecule has 5 nitrogen and oxygen atoms in total. The van der Waals surface area contributed by atoms with Crippen molar-refractivity contribution >= 4 is 27.7 Å². The molecular formula is C12H22N2O3S2. The minimum atomic E-state index is -3.35. The van der Waals surface area contributed by atoms with Gasteiger partial charge < -0.3 is 5.32 Å². The fourth-order valence-electron chi connectivity index (χ4n) is 2.03. The number of carbonyl (C=O) groups is 1. The molecule has 7 heteroatoms. The third kappa shape index (κ3) is 2.78. The zero-order chi connectivity index (χ0) is 14.3. The fraction of sp³-hybridized carbons (Fsp3) is 0.917. The van der Waals surface area contributed by atoms with Crippen LogP contribution in [-0.2, 0) is 14.8 Å². The molecule has 0 radical (unpaired) electrons. The van der Waals surface area contributed by atoms with Crippen molar-refractivity contribution in [2.45, 2.75) is 56.9 Å². The summed E-state index contributed by atoms with van der Waals surface area (Å²) in [6.07, 6.45) is 2.25. The van der Waals surface area contributed by atoms with Crippen molar-refractivity contribution in [2.24, 2.45) is 0 Å². The molecule has 1 amide bonds. The van der Waals surface area contributed by atoms with Crippen LogP contribution in [0.3, 0.4) is 0 Å². The second kappa shape index (κ2) is 5.26. The molecule has 0 spiro atoms. The van der Waals surface area contributed by atoms with E-state index in [-0.39, 0.29) is 11.9 Å². The molecule has 1 heterocycles. The fourth-order valence-corrected chi connectivity index (χ4v) is 5.61. The van der Waals surface area contributed by atoms with Crippen molar-refractivity contribution in [3.63, 3.8) is 0 Å². The molecule has 1 aliphatic carbocycles. The number of carbonyl (C=O) groups excluding carboxylic acids is 1. The second-order valence-electron chi connectivity index (χ2n) is 5.68. The van der Waals surface area contributed by atoms with E-state index in [0.717, 1.165) is 6.42 Å². The van der Waals surface area contributed by atoms with Gasteiger partial charge in [-0.2, -0.15) is 4.31 Å². The number of nitrogens with one attached hydrogen (secondary N) is 1. The van der Waals surface area contributed by atoms with Crippen molar-refractivity contribution < 1.29 is 13.2 Å². The van der Waals surface area contributed by atoms with Crippen molar-refractivity contribution in [1.29, 1.82) is 0 Å². The number of sulfonamides is 1. The first-order valence-corrected chi connectivity index (χ1v) is 9.31. The Balaban J connectivity index is 2.11. The van der Waals surface area contributed by atoms with E-state index in [1.54, 1.807) is 6.92 Å². The summed E-state index contributed by atoms with van der Waals surface area (Å²) in [5.41, 5.74) is 0. The van der Waals surface area contributed by atoms with Gasteiger partial charge in [0.15, 0.2) is 0 Å². The Morgan fingerprint density at radius 3 is 2.68 bits per heavy atom. The maximum atomic E-state index is 12.5. The summed E-state index contributed by atoms with van der Waals surface area (Å²) in [7, 11) is -3.35.